The molecule has 1 aliphatic carbocycles. The molecular weight excluding hydrogens is 779 g/mol. The Hall–Kier alpha value is -6.26. The zero-order valence-electron chi connectivity index (χ0n) is 41.1. The van der Waals surface area contributed by atoms with Gasteiger partial charge in [-0.2, -0.15) is 0 Å². The molecule has 9 rings (SSSR count). The molecule has 2 heterocycles. The number of phenols is 1. The number of hydrogen-bond donors (Lipinski definition) is 1. The Balaban J connectivity index is 1.22. The molecule has 6 aromatic carbocycles. The van der Waals surface area contributed by atoms with E-state index in [0.29, 0.717) is 37.1 Å². The highest BCUT2D eigenvalue weighted by Gasteiger charge is 2.30. The van der Waals surface area contributed by atoms with Gasteiger partial charge < -0.3 is 5.11 Å². The molecule has 0 saturated heterocycles. The van der Waals surface area contributed by atoms with Crippen molar-refractivity contribution in [1.29, 1.82) is 0 Å². The first-order valence-corrected chi connectivity index (χ1v) is 23.0. The minimum Gasteiger partial charge on any atom is -0.507 e. The smallest absolute Gasteiger partial charge is 0.149 e. The first-order chi connectivity index (χ1) is 31.2. The lowest BCUT2D eigenvalue weighted by Crippen LogP contribution is -2.17. The van der Waals surface area contributed by atoms with Crippen molar-refractivity contribution in [2.75, 3.05) is 0 Å². The topological polar surface area (TPSA) is 50.9 Å². The summed E-state index contributed by atoms with van der Waals surface area (Å²) in [6.07, 6.45) is 4.38. The van der Waals surface area contributed by atoms with Crippen molar-refractivity contribution >= 4 is 11.0 Å². The maximum absolute atomic E-state index is 12.4. The lowest BCUT2D eigenvalue weighted by atomic mass is 9.76. The average molecular weight is 844 g/mol. The average Bonchev–Trinajstić information content (AvgIpc) is 3.69. The molecule has 0 spiro atoms. The fraction of sp³-hybridized carbons (Fsp3) is 0.300. The van der Waals surface area contributed by atoms with E-state index in [1.807, 2.05) is 30.5 Å². The molecule has 0 bridgehead atoms. The van der Waals surface area contributed by atoms with Crippen molar-refractivity contribution in [2.24, 2.45) is 0 Å². The Morgan fingerprint density at radius 3 is 1.75 bits per heavy atom. The molecule has 4 heteroatoms. The van der Waals surface area contributed by atoms with E-state index in [0.717, 1.165) is 72.5 Å². The number of pyridine rings is 1. The number of para-hydroxylation sites is 1. The number of phenolic OH excluding ortho intramolecular Hbond substituents is 1. The summed E-state index contributed by atoms with van der Waals surface area (Å²) in [6, 6.07) is 50.7. The largest absolute Gasteiger partial charge is 0.507 e. The maximum Gasteiger partial charge on any atom is 0.149 e. The van der Waals surface area contributed by atoms with Gasteiger partial charge in [0.05, 0.1) is 22.3 Å². The lowest BCUT2D eigenvalue weighted by molar-refractivity contribution is 0.396. The second-order valence-electron chi connectivity index (χ2n) is 20.8. The molecule has 0 atom stereocenters. The fourth-order valence-electron chi connectivity index (χ4n) is 9.30. The van der Waals surface area contributed by atoms with Gasteiger partial charge in [-0.1, -0.05) is 159 Å². The summed E-state index contributed by atoms with van der Waals surface area (Å²) in [4.78, 5) is 10.5. The minimum atomic E-state index is -0.795. The summed E-state index contributed by atoms with van der Waals surface area (Å²) >= 11 is 0. The molecule has 1 saturated carbocycles. The predicted molar refractivity (Wildman–Crippen MR) is 269 cm³/mol. The molecule has 1 aliphatic rings. The van der Waals surface area contributed by atoms with Gasteiger partial charge in [-0.3, -0.25) is 9.55 Å². The molecule has 1 fully saturated rings. The number of fused-ring (bicyclic) bond motifs is 1. The van der Waals surface area contributed by atoms with Gasteiger partial charge in [-0.05, 0) is 141 Å². The monoisotopic (exact) mass is 844 g/mol. The third-order valence-electron chi connectivity index (χ3n) is 13.2. The molecular formula is C60H63N3O. The van der Waals surface area contributed by atoms with Crippen molar-refractivity contribution < 1.29 is 7.85 Å². The highest BCUT2D eigenvalue weighted by Crippen LogP contribution is 2.46. The van der Waals surface area contributed by atoms with Crippen LogP contribution >= 0.6 is 0 Å². The number of nitrogens with zero attached hydrogens (tertiary/aromatic N) is 3. The Bertz CT molecular complexity index is 3050. The summed E-state index contributed by atoms with van der Waals surface area (Å²) in [5.74, 6) is -0.587. The zero-order chi connectivity index (χ0) is 46.8. The molecule has 4 nitrogen and oxygen atoms in total. The van der Waals surface area contributed by atoms with Gasteiger partial charge in [0.1, 0.15) is 11.6 Å². The SMILES string of the molecule is [2H]C1(c2ccccc2)CCC([2H])(c2ccc(-n3c(-c4cc(C(C)(C)C)cc(C(C)(C)C)c4O)nc4c(-c5cc(-c6cc(-c7ccccc7)ccn6)cc(C(C)(C)C)c5)cccc43)cc2)CC1. The Labute approximate surface area is 383 Å². The van der Waals surface area contributed by atoms with E-state index in [1.54, 1.807) is 0 Å². The molecule has 0 unspecified atom stereocenters. The van der Waals surface area contributed by atoms with Crippen LogP contribution in [0.25, 0.3) is 61.6 Å². The second-order valence-corrected chi connectivity index (χ2v) is 20.8. The fourth-order valence-corrected chi connectivity index (χ4v) is 9.30. The highest BCUT2D eigenvalue weighted by molar-refractivity contribution is 5.97. The van der Waals surface area contributed by atoms with Gasteiger partial charge in [0.25, 0.3) is 0 Å². The predicted octanol–water partition coefficient (Wildman–Crippen LogP) is 16.1. The number of rotatable bonds is 7. The van der Waals surface area contributed by atoms with Crippen LogP contribution in [0, 0.1) is 0 Å². The lowest BCUT2D eigenvalue weighted by Gasteiger charge is -2.29. The van der Waals surface area contributed by atoms with Gasteiger partial charge >= 0.3 is 0 Å². The Kier molecular flexibility index (Phi) is 10.6. The molecule has 0 amide bonds. The first-order valence-electron chi connectivity index (χ1n) is 24.0. The van der Waals surface area contributed by atoms with Gasteiger partial charge in [0.15, 0.2) is 0 Å². The van der Waals surface area contributed by atoms with Crippen LogP contribution < -0.4 is 0 Å². The highest BCUT2D eigenvalue weighted by atomic mass is 16.3. The van der Waals surface area contributed by atoms with Gasteiger partial charge in [-0.15, -0.1) is 0 Å². The Morgan fingerprint density at radius 1 is 0.531 bits per heavy atom. The summed E-state index contributed by atoms with van der Waals surface area (Å²) in [5.41, 5.74) is 14.1. The molecule has 0 radical (unpaired) electrons. The number of benzene rings is 6. The second kappa shape index (κ2) is 16.7. The molecule has 2 aromatic heterocycles. The van der Waals surface area contributed by atoms with Gasteiger partial charge in [0.2, 0.25) is 0 Å². The van der Waals surface area contributed by atoms with Crippen LogP contribution in [0.1, 0.15) is 130 Å². The third-order valence-corrected chi connectivity index (χ3v) is 13.2. The summed E-state index contributed by atoms with van der Waals surface area (Å²) in [6.45, 7) is 19.8. The van der Waals surface area contributed by atoms with Crippen molar-refractivity contribution in [3.8, 4) is 56.3 Å². The number of imidazole rings is 1. The summed E-state index contributed by atoms with van der Waals surface area (Å²) < 4.78 is 21.3. The van der Waals surface area contributed by atoms with Crippen LogP contribution in [0.5, 0.6) is 5.75 Å². The van der Waals surface area contributed by atoms with Crippen molar-refractivity contribution in [1.82, 2.24) is 14.5 Å². The van der Waals surface area contributed by atoms with E-state index in [2.05, 4.69) is 188 Å². The van der Waals surface area contributed by atoms with Crippen LogP contribution in [0.3, 0.4) is 0 Å². The number of hydrogen-bond acceptors (Lipinski definition) is 3. The molecule has 1 N–H and O–H groups in total. The van der Waals surface area contributed by atoms with Crippen LogP contribution in [-0.4, -0.2) is 19.6 Å². The third kappa shape index (κ3) is 8.55. The van der Waals surface area contributed by atoms with E-state index in [4.69, 9.17) is 9.97 Å². The Morgan fingerprint density at radius 2 is 1.12 bits per heavy atom. The van der Waals surface area contributed by atoms with Crippen molar-refractivity contribution in [3.05, 3.63) is 180 Å². The summed E-state index contributed by atoms with van der Waals surface area (Å²) in [5, 5.41) is 12.4. The van der Waals surface area contributed by atoms with E-state index >= 15 is 0 Å². The van der Waals surface area contributed by atoms with Crippen LogP contribution in [0.2, 0.25) is 0 Å². The zero-order valence-corrected chi connectivity index (χ0v) is 39.1. The maximum atomic E-state index is 12.4. The van der Waals surface area contributed by atoms with E-state index in [-0.39, 0.29) is 22.0 Å². The number of aromatic hydroxyl groups is 1. The molecule has 64 heavy (non-hydrogen) atoms. The van der Waals surface area contributed by atoms with Crippen molar-refractivity contribution in [3.63, 3.8) is 0 Å². The first kappa shape index (κ1) is 40.5. The molecule has 0 aliphatic heterocycles. The number of aromatic nitrogens is 3. The van der Waals surface area contributed by atoms with E-state index in [1.165, 1.54) is 5.56 Å². The van der Waals surface area contributed by atoms with Gasteiger partial charge in [-0.25, -0.2) is 4.98 Å². The molecule has 324 valence electrons. The van der Waals surface area contributed by atoms with Crippen LogP contribution in [0.4, 0.5) is 0 Å². The minimum absolute atomic E-state index is 0.151. The van der Waals surface area contributed by atoms with Crippen LogP contribution in [-0.2, 0) is 16.2 Å². The van der Waals surface area contributed by atoms with E-state index < -0.39 is 11.8 Å². The standard InChI is InChI=1S/C60H63N3O/c1-58(2,3)47-34-45(33-46(35-47)53-36-44(31-32-61-53)40-19-14-11-15-20-40)50-21-16-22-54-55(50)62-57(51-37-48(59(4,5)6)38-52(56(51)64)60(7,8)9)63(54)49-29-27-43(28-30-49)42-25-23-41(24-26-42)39-17-12-10-13-18-39/h10-22,27-38,41-42,64H,23-26H2,1-9H3/i41D,42D. The van der Waals surface area contributed by atoms with Crippen LogP contribution in [0.15, 0.2) is 152 Å². The quantitative estimate of drug-likeness (QED) is 0.174. The van der Waals surface area contributed by atoms with Gasteiger partial charge in [0, 0.05) is 31.3 Å². The summed E-state index contributed by atoms with van der Waals surface area (Å²) in [7, 11) is 0. The van der Waals surface area contributed by atoms with E-state index in [9.17, 15) is 7.85 Å². The molecule has 8 aromatic rings. The van der Waals surface area contributed by atoms with Crippen molar-refractivity contribution in [2.45, 2.75) is 116 Å². The normalized spacial score (nSPS) is 18.8.